The van der Waals surface area contributed by atoms with Gasteiger partial charge in [-0.05, 0) is 0 Å². The third kappa shape index (κ3) is 5.29. The van der Waals surface area contributed by atoms with E-state index in [4.69, 9.17) is 9.69 Å². The fourth-order valence-electron chi connectivity index (χ4n) is 0.559. The Hall–Kier alpha value is 0.00338. The van der Waals surface area contributed by atoms with Crippen molar-refractivity contribution in [2.75, 3.05) is 0 Å². The first kappa shape index (κ1) is 13.6. The van der Waals surface area contributed by atoms with E-state index in [0.29, 0.717) is 0 Å². The maximum atomic E-state index is 5.55. The van der Waals surface area contributed by atoms with Crippen molar-refractivity contribution in [1.29, 1.82) is 0 Å². The van der Waals surface area contributed by atoms with Gasteiger partial charge in [0.1, 0.15) is 0 Å². The summed E-state index contributed by atoms with van der Waals surface area (Å²) in [5.41, 5.74) is 1.22. The zero-order chi connectivity index (χ0) is 6.53. The first-order valence-corrected chi connectivity index (χ1v) is 5.57. The van der Waals surface area contributed by atoms with E-state index < -0.39 is 0 Å². The number of halogens is 1. The van der Waals surface area contributed by atoms with Crippen LogP contribution < -0.4 is 0 Å². The van der Waals surface area contributed by atoms with E-state index in [1.807, 2.05) is 34.9 Å². The van der Waals surface area contributed by atoms with E-state index in [-0.39, 0.29) is 30.5 Å². The van der Waals surface area contributed by atoms with Crippen LogP contribution in [0.4, 0.5) is 0 Å². The Kier molecular flexibility index (Phi) is 10.0. The summed E-state index contributed by atoms with van der Waals surface area (Å²) in [4.78, 5) is 0. The molecule has 0 aliphatic carbocycles. The summed E-state index contributed by atoms with van der Waals surface area (Å²) in [6.45, 7) is 0. The summed E-state index contributed by atoms with van der Waals surface area (Å²) in [5, 5.41) is 0. The van der Waals surface area contributed by atoms with Crippen LogP contribution in [-0.2, 0) is 15.7 Å². The van der Waals surface area contributed by atoms with Gasteiger partial charge in [-0.2, -0.15) is 0 Å². The molecule has 0 unspecified atom stereocenters. The van der Waals surface area contributed by atoms with E-state index in [1.54, 1.807) is 0 Å². The van der Waals surface area contributed by atoms with Crippen LogP contribution in [0.2, 0.25) is 0 Å². The van der Waals surface area contributed by atoms with Crippen molar-refractivity contribution >= 4 is 14.3 Å². The summed E-state index contributed by atoms with van der Waals surface area (Å²) in [7, 11) is 5.55. The normalized spacial score (nSPS) is 9.91. The molecule has 0 N–H and O–H groups in total. The zero-order valence-electron chi connectivity index (χ0n) is 6.68. The van der Waals surface area contributed by atoms with Gasteiger partial charge in [-0.15, -0.1) is 0 Å². The molecule has 0 saturated heterocycles. The molecule has 0 fully saturated rings. The molecule has 0 spiro atoms. The van der Waals surface area contributed by atoms with Gasteiger partial charge in [0.15, 0.2) is 0 Å². The Morgan fingerprint density at radius 1 is 1.09 bits per heavy atom. The maximum absolute atomic E-state index is 5.55. The molecule has 11 heavy (non-hydrogen) atoms. The van der Waals surface area contributed by atoms with Crippen molar-refractivity contribution in [1.82, 2.24) is 0 Å². The Balaban J connectivity index is 0. The first-order chi connectivity index (χ1) is 4.43. The van der Waals surface area contributed by atoms with Crippen molar-refractivity contribution in [2.45, 2.75) is 0 Å². The molecule has 0 aliphatic rings. The van der Waals surface area contributed by atoms with Crippen molar-refractivity contribution in [3.8, 4) is 0 Å². The van der Waals surface area contributed by atoms with Gasteiger partial charge in [0.25, 0.3) is 0 Å². The summed E-state index contributed by atoms with van der Waals surface area (Å²) in [5.74, 6) is 0. The number of benzene rings is 1. The molecule has 1 aromatic carbocycles. The molecule has 1 aromatic rings. The van der Waals surface area contributed by atoms with E-state index in [2.05, 4.69) is 0 Å². The Bertz CT molecular complexity index is 194. The predicted molar refractivity (Wildman–Crippen MR) is 50.3 cm³/mol. The molecule has 0 nitrogen and oxygen atoms in total. The van der Waals surface area contributed by atoms with E-state index in [1.165, 1.54) is 5.56 Å². The molecule has 0 radical (unpaired) electrons. The van der Waals surface area contributed by atoms with Gasteiger partial charge >= 0.3 is 65.9 Å². The summed E-state index contributed by atoms with van der Waals surface area (Å²) >= 11 is 0.0710. The molecule has 0 bridgehead atoms. The predicted octanol–water partition coefficient (Wildman–Crippen LogP) is 2.97. The SMILES string of the molecule is [CH3-].[CH3-].[Cl][Rh]=[CH]c1ccccc1. The van der Waals surface area contributed by atoms with Gasteiger partial charge in [-0.1, -0.05) is 0 Å². The molecule has 0 heterocycles. The standard InChI is InChI=1S/C7H6.2CH3.ClH.Rh/c1-7-5-3-2-4-6-7;;;;/h1-6H;2*1H3;1H;/q;2*-1;;+1/p-1. The molecule has 1 rings (SSSR count). The summed E-state index contributed by atoms with van der Waals surface area (Å²) in [6.07, 6.45) is 0. The molecule has 0 aromatic heterocycles. The van der Waals surface area contributed by atoms with Crippen molar-refractivity contribution in [2.24, 2.45) is 0 Å². The molecule has 0 aliphatic heterocycles. The molecule has 66 valence electrons. The minimum atomic E-state index is 0. The molecule has 0 atom stereocenters. The quantitative estimate of drug-likeness (QED) is 0.537. The fraction of sp³-hybridized carbons (Fsp3) is 0. The van der Waals surface area contributed by atoms with Gasteiger partial charge in [-0.25, -0.2) is 0 Å². The molecule has 0 amide bonds. The van der Waals surface area contributed by atoms with Crippen LogP contribution in [-0.4, -0.2) is 4.61 Å². The fourth-order valence-corrected chi connectivity index (χ4v) is 1.58. The second-order valence-corrected chi connectivity index (χ2v) is 3.27. The van der Waals surface area contributed by atoms with E-state index >= 15 is 0 Å². The van der Waals surface area contributed by atoms with E-state index in [0.717, 1.165) is 0 Å². The van der Waals surface area contributed by atoms with Gasteiger partial charge in [0.05, 0.1) is 0 Å². The summed E-state index contributed by atoms with van der Waals surface area (Å²) in [6, 6.07) is 10.1. The molecule has 0 saturated carbocycles. The van der Waals surface area contributed by atoms with Crippen LogP contribution in [0.25, 0.3) is 0 Å². The number of hydrogen-bond acceptors (Lipinski definition) is 0. The Morgan fingerprint density at radius 3 is 2.09 bits per heavy atom. The van der Waals surface area contributed by atoms with Crippen molar-refractivity contribution in [3.63, 3.8) is 0 Å². The van der Waals surface area contributed by atoms with Gasteiger partial charge in [0, 0.05) is 0 Å². The van der Waals surface area contributed by atoms with Gasteiger partial charge < -0.3 is 14.9 Å². The molecular weight excluding hydrogens is 246 g/mol. The van der Waals surface area contributed by atoms with Crippen LogP contribution in [0.3, 0.4) is 0 Å². The Labute approximate surface area is 80.8 Å². The second-order valence-electron chi connectivity index (χ2n) is 1.58. The van der Waals surface area contributed by atoms with Gasteiger partial charge in [-0.3, -0.25) is 0 Å². The van der Waals surface area contributed by atoms with Crippen molar-refractivity contribution < 1.29 is 15.7 Å². The van der Waals surface area contributed by atoms with Crippen LogP contribution >= 0.6 is 9.69 Å². The van der Waals surface area contributed by atoms with Crippen LogP contribution in [0.1, 0.15) is 5.56 Å². The summed E-state index contributed by atoms with van der Waals surface area (Å²) < 4.78 is 2.04. The van der Waals surface area contributed by atoms with Crippen LogP contribution in [0.15, 0.2) is 30.3 Å². The first-order valence-electron chi connectivity index (χ1n) is 2.52. The topological polar surface area (TPSA) is 0 Å². The average Bonchev–Trinajstić information content (AvgIpc) is 1.91. The Morgan fingerprint density at radius 2 is 1.64 bits per heavy atom. The number of hydrogen-bond donors (Lipinski definition) is 0. The van der Waals surface area contributed by atoms with Crippen LogP contribution in [0, 0.1) is 14.9 Å². The van der Waals surface area contributed by atoms with Crippen molar-refractivity contribution in [3.05, 3.63) is 50.7 Å². The van der Waals surface area contributed by atoms with Crippen LogP contribution in [0.5, 0.6) is 0 Å². The average molecular weight is 259 g/mol. The van der Waals surface area contributed by atoms with E-state index in [9.17, 15) is 0 Å². The third-order valence-corrected chi connectivity index (χ3v) is 2.10. The number of rotatable bonds is 1. The monoisotopic (exact) mass is 258 g/mol. The molecule has 2 heteroatoms. The molecular formula is C9H12ClRh-2. The minimum absolute atomic E-state index is 0. The third-order valence-electron chi connectivity index (χ3n) is 0.947. The second kappa shape index (κ2) is 8.10. The van der Waals surface area contributed by atoms with Gasteiger partial charge in [0.2, 0.25) is 0 Å². The zero-order valence-corrected chi connectivity index (χ0v) is 9.07.